The molecule has 19 heavy (non-hydrogen) atoms. The van der Waals surface area contributed by atoms with Crippen molar-refractivity contribution in [3.8, 4) is 0 Å². The van der Waals surface area contributed by atoms with Crippen molar-refractivity contribution in [2.75, 3.05) is 31.1 Å². The van der Waals surface area contributed by atoms with Gasteiger partial charge < -0.3 is 10.0 Å². The zero-order chi connectivity index (χ0) is 13.4. The first-order chi connectivity index (χ1) is 9.15. The maximum atomic E-state index is 9.61. The van der Waals surface area contributed by atoms with Gasteiger partial charge in [0, 0.05) is 36.7 Å². The second-order valence-corrected chi connectivity index (χ2v) is 6.50. The molecule has 2 aliphatic rings. The Hall–Kier alpha value is -0.580. The van der Waals surface area contributed by atoms with E-state index in [1.165, 1.54) is 31.6 Å². The van der Waals surface area contributed by atoms with Gasteiger partial charge in [-0.25, -0.2) is 0 Å². The first-order valence-corrected chi connectivity index (χ1v) is 7.91. The highest BCUT2D eigenvalue weighted by atomic mass is 79.9. The lowest BCUT2D eigenvalue weighted by Crippen LogP contribution is -2.47. The van der Waals surface area contributed by atoms with Crippen LogP contribution in [0.25, 0.3) is 0 Å². The average Bonchev–Trinajstić information content (AvgIpc) is 3.23. The summed E-state index contributed by atoms with van der Waals surface area (Å²) in [6, 6.07) is 7.06. The van der Waals surface area contributed by atoms with Gasteiger partial charge in [0.1, 0.15) is 0 Å². The van der Waals surface area contributed by atoms with Crippen LogP contribution in [0.5, 0.6) is 0 Å². The van der Waals surface area contributed by atoms with Gasteiger partial charge in [-0.2, -0.15) is 0 Å². The first-order valence-electron chi connectivity index (χ1n) is 7.11. The van der Waals surface area contributed by atoms with E-state index in [0.717, 1.165) is 29.2 Å². The number of piperazine rings is 1. The molecule has 0 unspecified atom stereocenters. The van der Waals surface area contributed by atoms with E-state index in [1.807, 2.05) is 12.1 Å². The van der Waals surface area contributed by atoms with Gasteiger partial charge in [-0.15, -0.1) is 0 Å². The zero-order valence-corrected chi connectivity index (χ0v) is 12.9. The molecule has 1 aliphatic heterocycles. The van der Waals surface area contributed by atoms with E-state index in [2.05, 4.69) is 31.8 Å². The van der Waals surface area contributed by atoms with Gasteiger partial charge in [0.15, 0.2) is 0 Å². The molecule has 1 N–H and O–H groups in total. The zero-order valence-electron chi connectivity index (χ0n) is 11.3. The monoisotopic (exact) mass is 324 g/mol. The highest BCUT2D eigenvalue weighted by Crippen LogP contribution is 2.32. The fraction of sp³-hybridized carbons (Fsp3) is 0.600. The molecule has 3 rings (SSSR count). The Kier molecular flexibility index (Phi) is 3.83. The van der Waals surface area contributed by atoms with E-state index < -0.39 is 6.10 Å². The minimum Gasteiger partial charge on any atom is -0.389 e. The normalized spacial score (nSPS) is 22.6. The van der Waals surface area contributed by atoms with Gasteiger partial charge in [-0.1, -0.05) is 6.07 Å². The van der Waals surface area contributed by atoms with Crippen molar-refractivity contribution in [1.82, 2.24) is 4.90 Å². The number of hydrogen-bond donors (Lipinski definition) is 1. The molecule has 1 saturated carbocycles. The van der Waals surface area contributed by atoms with Gasteiger partial charge >= 0.3 is 0 Å². The van der Waals surface area contributed by atoms with E-state index in [-0.39, 0.29) is 0 Å². The summed E-state index contributed by atoms with van der Waals surface area (Å²) in [5.74, 6) is 0. The van der Waals surface area contributed by atoms with Crippen LogP contribution in [0.4, 0.5) is 5.69 Å². The summed E-state index contributed by atoms with van der Waals surface area (Å²) in [4.78, 5) is 5.06. The lowest BCUT2D eigenvalue weighted by atomic mass is 10.1. The van der Waals surface area contributed by atoms with Crippen molar-refractivity contribution in [1.29, 1.82) is 0 Å². The largest absolute Gasteiger partial charge is 0.389 e. The third-order valence-electron chi connectivity index (χ3n) is 4.17. The summed E-state index contributed by atoms with van der Waals surface area (Å²) >= 11 is 3.64. The Labute approximate surface area is 123 Å². The second kappa shape index (κ2) is 5.43. The number of nitrogens with zero attached hydrogens (tertiary/aromatic N) is 2. The number of benzene rings is 1. The quantitative estimate of drug-likeness (QED) is 0.926. The van der Waals surface area contributed by atoms with Crippen molar-refractivity contribution in [2.45, 2.75) is 31.9 Å². The molecule has 0 radical (unpaired) electrons. The van der Waals surface area contributed by atoms with Crippen LogP contribution in [-0.4, -0.2) is 42.2 Å². The van der Waals surface area contributed by atoms with Crippen molar-refractivity contribution < 1.29 is 5.11 Å². The molecule has 3 nitrogen and oxygen atoms in total. The lowest BCUT2D eigenvalue weighted by Gasteiger charge is -2.36. The van der Waals surface area contributed by atoms with E-state index in [4.69, 9.17) is 0 Å². The van der Waals surface area contributed by atoms with Crippen LogP contribution in [-0.2, 0) is 0 Å². The molecule has 4 heteroatoms. The maximum absolute atomic E-state index is 9.61. The number of anilines is 1. The number of hydrogen-bond acceptors (Lipinski definition) is 3. The van der Waals surface area contributed by atoms with E-state index >= 15 is 0 Å². The Morgan fingerprint density at radius 2 is 1.89 bits per heavy atom. The Morgan fingerprint density at radius 3 is 2.42 bits per heavy atom. The smallest absolute Gasteiger partial charge is 0.0762 e. The molecule has 1 aromatic rings. The molecule has 1 saturated heterocycles. The summed E-state index contributed by atoms with van der Waals surface area (Å²) < 4.78 is 1.09. The van der Waals surface area contributed by atoms with Crippen molar-refractivity contribution in [2.24, 2.45) is 0 Å². The maximum Gasteiger partial charge on any atom is 0.0762 e. The highest BCUT2D eigenvalue weighted by molar-refractivity contribution is 9.10. The topological polar surface area (TPSA) is 26.7 Å². The summed E-state index contributed by atoms with van der Waals surface area (Å²) in [5.41, 5.74) is 2.21. The van der Waals surface area contributed by atoms with E-state index in [1.54, 1.807) is 6.92 Å². The third-order valence-corrected chi connectivity index (χ3v) is 4.81. The van der Waals surface area contributed by atoms with E-state index in [9.17, 15) is 5.11 Å². The Bertz CT molecular complexity index is 451. The van der Waals surface area contributed by atoms with Gasteiger partial charge in [-0.05, 0) is 53.4 Å². The van der Waals surface area contributed by atoms with Crippen LogP contribution < -0.4 is 4.90 Å². The summed E-state index contributed by atoms with van der Waals surface area (Å²) in [5, 5.41) is 9.61. The van der Waals surface area contributed by atoms with E-state index in [0.29, 0.717) is 0 Å². The molecule has 1 atom stereocenters. The molecule has 0 amide bonds. The number of aliphatic hydroxyl groups is 1. The fourth-order valence-corrected chi connectivity index (χ4v) is 3.45. The SMILES string of the molecule is C[C@H](O)c1ccc(N2CCN(C3CC3)CC2)c(Br)c1. The van der Waals surface area contributed by atoms with Crippen LogP contribution in [0.3, 0.4) is 0 Å². The summed E-state index contributed by atoms with van der Waals surface area (Å²) in [7, 11) is 0. The molecule has 0 aromatic heterocycles. The highest BCUT2D eigenvalue weighted by Gasteiger charge is 2.31. The molecule has 2 fully saturated rings. The van der Waals surface area contributed by atoms with Crippen LogP contribution in [0.1, 0.15) is 31.4 Å². The molecule has 104 valence electrons. The van der Waals surface area contributed by atoms with Gasteiger partial charge in [0.25, 0.3) is 0 Å². The average molecular weight is 325 g/mol. The molecule has 1 aliphatic carbocycles. The van der Waals surface area contributed by atoms with Crippen LogP contribution in [0.15, 0.2) is 22.7 Å². The molecule has 0 spiro atoms. The predicted molar refractivity (Wildman–Crippen MR) is 81.6 cm³/mol. The summed E-state index contributed by atoms with van der Waals surface area (Å²) in [6.45, 7) is 6.35. The molecular weight excluding hydrogens is 304 g/mol. The molecular formula is C15H21BrN2O. The predicted octanol–water partition coefficient (Wildman–Crippen LogP) is 2.79. The van der Waals surface area contributed by atoms with Crippen molar-refractivity contribution >= 4 is 21.6 Å². The van der Waals surface area contributed by atoms with Gasteiger partial charge in [-0.3, -0.25) is 4.90 Å². The first kappa shape index (κ1) is 13.4. The standard InChI is InChI=1S/C15H21BrN2O/c1-11(19)12-2-5-15(14(16)10-12)18-8-6-17(7-9-18)13-3-4-13/h2,5,10-11,13,19H,3-4,6-9H2,1H3/t11-/m0/s1. The van der Waals surface area contributed by atoms with Crippen molar-refractivity contribution in [3.63, 3.8) is 0 Å². The van der Waals surface area contributed by atoms with Gasteiger partial charge in [0.05, 0.1) is 11.8 Å². The second-order valence-electron chi connectivity index (χ2n) is 5.64. The van der Waals surface area contributed by atoms with Gasteiger partial charge in [0.2, 0.25) is 0 Å². The fourth-order valence-electron chi connectivity index (χ4n) is 2.81. The molecule has 1 aromatic carbocycles. The number of halogens is 1. The summed E-state index contributed by atoms with van der Waals surface area (Å²) in [6.07, 6.45) is 2.39. The molecule has 1 heterocycles. The Balaban J connectivity index is 1.69. The minimum absolute atomic E-state index is 0.405. The molecule has 0 bridgehead atoms. The van der Waals surface area contributed by atoms with Crippen LogP contribution in [0.2, 0.25) is 0 Å². The Morgan fingerprint density at radius 1 is 1.21 bits per heavy atom. The minimum atomic E-state index is -0.405. The lowest BCUT2D eigenvalue weighted by molar-refractivity contribution is 0.199. The number of aliphatic hydroxyl groups excluding tert-OH is 1. The van der Waals surface area contributed by atoms with Crippen molar-refractivity contribution in [3.05, 3.63) is 28.2 Å². The van der Waals surface area contributed by atoms with Crippen LogP contribution in [0, 0.1) is 0 Å². The number of rotatable bonds is 3. The third kappa shape index (κ3) is 2.96. The van der Waals surface area contributed by atoms with Crippen LogP contribution >= 0.6 is 15.9 Å².